The molecule has 166 valence electrons. The van der Waals surface area contributed by atoms with Crippen LogP contribution in [-0.2, 0) is 11.2 Å². The number of nitrogens with one attached hydrogen (secondary N) is 2. The van der Waals surface area contributed by atoms with E-state index in [-0.39, 0.29) is 18.0 Å². The van der Waals surface area contributed by atoms with E-state index < -0.39 is 0 Å². The maximum atomic E-state index is 13.1. The van der Waals surface area contributed by atoms with Crippen LogP contribution in [0.2, 0.25) is 0 Å². The molecule has 0 aromatic heterocycles. The summed E-state index contributed by atoms with van der Waals surface area (Å²) in [5.41, 5.74) is 4.12. The van der Waals surface area contributed by atoms with Crippen molar-refractivity contribution in [3.05, 3.63) is 64.7 Å². The molecule has 0 spiro atoms. The summed E-state index contributed by atoms with van der Waals surface area (Å²) in [5, 5.41) is 14.7. The Hall–Kier alpha value is -3.37. The van der Waals surface area contributed by atoms with E-state index in [2.05, 4.69) is 16.7 Å². The fourth-order valence-corrected chi connectivity index (χ4v) is 4.23. The number of nitrogens with zero attached hydrogens (tertiary/aromatic N) is 2. The summed E-state index contributed by atoms with van der Waals surface area (Å²) in [6, 6.07) is 15.2. The largest absolute Gasteiger partial charge is 0.377 e. The highest BCUT2D eigenvalue weighted by Crippen LogP contribution is 2.29. The number of carbonyl (C=O) groups excluding carboxylic acids is 2. The van der Waals surface area contributed by atoms with Gasteiger partial charge in [-0.1, -0.05) is 25.1 Å². The molecular weight excluding hydrogens is 404 g/mol. The van der Waals surface area contributed by atoms with Crippen molar-refractivity contribution in [3.63, 3.8) is 0 Å². The first-order valence-electron chi connectivity index (χ1n) is 11.1. The minimum absolute atomic E-state index is 0.0122. The van der Waals surface area contributed by atoms with Gasteiger partial charge < -0.3 is 20.3 Å². The number of nitriles is 1. The maximum Gasteiger partial charge on any atom is 0.319 e. The molecule has 0 radical (unpaired) electrons. The zero-order valence-corrected chi connectivity index (χ0v) is 18.3. The number of hydrogen-bond donors (Lipinski definition) is 2. The first-order chi connectivity index (χ1) is 15.6. The van der Waals surface area contributed by atoms with Gasteiger partial charge in [0.25, 0.3) is 5.91 Å². The van der Waals surface area contributed by atoms with Gasteiger partial charge in [-0.2, -0.15) is 5.26 Å². The molecule has 2 heterocycles. The second-order valence-electron chi connectivity index (χ2n) is 8.36. The summed E-state index contributed by atoms with van der Waals surface area (Å²) in [4.78, 5) is 27.3. The van der Waals surface area contributed by atoms with Crippen LogP contribution >= 0.6 is 0 Å². The lowest BCUT2D eigenvalue weighted by Crippen LogP contribution is -2.50. The van der Waals surface area contributed by atoms with Crippen LogP contribution in [0.15, 0.2) is 42.5 Å². The van der Waals surface area contributed by atoms with Gasteiger partial charge in [-0.15, -0.1) is 0 Å². The van der Waals surface area contributed by atoms with Crippen LogP contribution < -0.4 is 10.6 Å². The number of amides is 3. The van der Waals surface area contributed by atoms with Gasteiger partial charge in [-0.25, -0.2) is 4.79 Å². The molecule has 32 heavy (non-hydrogen) atoms. The molecule has 0 bridgehead atoms. The Morgan fingerprint density at radius 3 is 2.44 bits per heavy atom. The van der Waals surface area contributed by atoms with Crippen molar-refractivity contribution in [3.8, 4) is 6.07 Å². The van der Waals surface area contributed by atoms with Crippen molar-refractivity contribution in [1.29, 1.82) is 5.26 Å². The summed E-state index contributed by atoms with van der Waals surface area (Å²) in [6.07, 6.45) is 2.54. The molecule has 2 saturated heterocycles. The molecule has 4 rings (SSSR count). The second kappa shape index (κ2) is 9.84. The van der Waals surface area contributed by atoms with Gasteiger partial charge in [0.05, 0.1) is 30.9 Å². The predicted molar refractivity (Wildman–Crippen MR) is 122 cm³/mol. The fraction of sp³-hybridized carbons (Fsp3) is 0.400. The average Bonchev–Trinajstić information content (AvgIpc) is 2.81. The lowest BCUT2D eigenvalue weighted by atomic mass is 9.89. The maximum absolute atomic E-state index is 13.1. The number of urea groups is 1. The number of hydrogen-bond acceptors (Lipinski definition) is 4. The van der Waals surface area contributed by atoms with Crippen LogP contribution in [0.4, 0.5) is 10.5 Å². The van der Waals surface area contributed by atoms with Crippen molar-refractivity contribution >= 4 is 17.6 Å². The number of rotatable bonds is 5. The van der Waals surface area contributed by atoms with E-state index in [9.17, 15) is 9.59 Å². The first kappa shape index (κ1) is 21.8. The highest BCUT2D eigenvalue weighted by Gasteiger charge is 2.25. The number of aryl methyl sites for hydroxylation is 1. The minimum atomic E-state index is -0.277. The second-order valence-corrected chi connectivity index (χ2v) is 8.36. The molecular formula is C25H28N4O3. The average molecular weight is 433 g/mol. The van der Waals surface area contributed by atoms with Gasteiger partial charge in [0.15, 0.2) is 0 Å². The monoisotopic (exact) mass is 432 g/mol. The smallest absolute Gasteiger partial charge is 0.319 e. The Bertz CT molecular complexity index is 1020. The molecule has 7 heteroatoms. The van der Waals surface area contributed by atoms with Gasteiger partial charge in [0.2, 0.25) is 0 Å². The van der Waals surface area contributed by atoms with Gasteiger partial charge in [-0.3, -0.25) is 4.79 Å². The number of likely N-dealkylation sites (tertiary alicyclic amines) is 1. The standard InChI is InChI=1S/C25H28N4O3/c1-2-18-7-8-21(13-23(18)28-25(31)27-22-15-32-16-22)24(30)29-11-9-20(10-12-29)19-5-3-17(14-26)4-6-19/h3-8,13,20,22H,2,9-12,15-16H2,1H3,(H2,27,28,31). The highest BCUT2D eigenvalue weighted by atomic mass is 16.5. The quantitative estimate of drug-likeness (QED) is 0.754. The SMILES string of the molecule is CCc1ccc(C(=O)N2CCC(c3ccc(C#N)cc3)CC2)cc1NC(=O)NC1COC1. The van der Waals surface area contributed by atoms with E-state index in [0.717, 1.165) is 24.8 Å². The number of benzene rings is 2. The summed E-state index contributed by atoms with van der Waals surface area (Å²) in [5.74, 6) is 0.382. The molecule has 2 N–H and O–H groups in total. The topological polar surface area (TPSA) is 94.5 Å². The normalized spacial score (nSPS) is 16.7. The first-order valence-corrected chi connectivity index (χ1v) is 11.1. The number of ether oxygens (including phenoxy) is 1. The molecule has 0 saturated carbocycles. The van der Waals surface area contributed by atoms with Crippen molar-refractivity contribution in [2.75, 3.05) is 31.6 Å². The Kier molecular flexibility index (Phi) is 6.72. The molecule has 2 fully saturated rings. The zero-order valence-electron chi connectivity index (χ0n) is 18.3. The third-order valence-electron chi connectivity index (χ3n) is 6.25. The van der Waals surface area contributed by atoms with Crippen LogP contribution in [0.1, 0.15) is 52.7 Å². The number of piperidine rings is 1. The van der Waals surface area contributed by atoms with E-state index in [1.54, 1.807) is 6.07 Å². The number of anilines is 1. The summed E-state index contributed by atoms with van der Waals surface area (Å²) in [6.45, 7) is 4.46. The summed E-state index contributed by atoms with van der Waals surface area (Å²) in [7, 11) is 0. The van der Waals surface area contributed by atoms with E-state index in [0.29, 0.717) is 49.0 Å². The predicted octanol–water partition coefficient (Wildman–Crippen LogP) is 3.66. The fourth-order valence-electron chi connectivity index (χ4n) is 4.23. The lowest BCUT2D eigenvalue weighted by Gasteiger charge is -2.32. The van der Waals surface area contributed by atoms with Crippen LogP contribution in [0.25, 0.3) is 0 Å². The molecule has 2 aliphatic rings. The van der Waals surface area contributed by atoms with Crippen LogP contribution in [-0.4, -0.2) is 49.2 Å². The molecule has 0 aliphatic carbocycles. The Morgan fingerprint density at radius 2 is 1.84 bits per heavy atom. The molecule has 3 amide bonds. The van der Waals surface area contributed by atoms with Gasteiger partial charge >= 0.3 is 6.03 Å². The molecule has 2 aliphatic heterocycles. The van der Waals surface area contributed by atoms with Crippen molar-refractivity contribution in [2.24, 2.45) is 0 Å². The van der Waals surface area contributed by atoms with Gasteiger partial charge in [0, 0.05) is 24.3 Å². The third-order valence-corrected chi connectivity index (χ3v) is 6.25. The molecule has 7 nitrogen and oxygen atoms in total. The van der Waals surface area contributed by atoms with Crippen molar-refractivity contribution in [2.45, 2.75) is 38.1 Å². The Balaban J connectivity index is 1.39. The molecule has 2 aromatic carbocycles. The molecule has 0 atom stereocenters. The van der Waals surface area contributed by atoms with Crippen LogP contribution in [0, 0.1) is 11.3 Å². The van der Waals surface area contributed by atoms with Crippen LogP contribution in [0.5, 0.6) is 0 Å². The van der Waals surface area contributed by atoms with Gasteiger partial charge in [-0.05, 0) is 60.6 Å². The Labute approximate surface area is 188 Å². The molecule has 2 aromatic rings. The Morgan fingerprint density at radius 1 is 1.12 bits per heavy atom. The molecule has 0 unspecified atom stereocenters. The minimum Gasteiger partial charge on any atom is -0.377 e. The highest BCUT2D eigenvalue weighted by molar-refractivity contribution is 5.97. The van der Waals surface area contributed by atoms with Crippen LogP contribution in [0.3, 0.4) is 0 Å². The van der Waals surface area contributed by atoms with Crippen molar-refractivity contribution < 1.29 is 14.3 Å². The van der Waals surface area contributed by atoms with Gasteiger partial charge in [0.1, 0.15) is 0 Å². The summed E-state index contributed by atoms with van der Waals surface area (Å²) < 4.78 is 5.09. The van der Waals surface area contributed by atoms with E-state index >= 15 is 0 Å². The number of carbonyl (C=O) groups is 2. The lowest BCUT2D eigenvalue weighted by molar-refractivity contribution is 0.000734. The van der Waals surface area contributed by atoms with E-state index in [4.69, 9.17) is 10.00 Å². The van der Waals surface area contributed by atoms with E-state index in [1.165, 1.54) is 5.56 Å². The van der Waals surface area contributed by atoms with E-state index in [1.807, 2.05) is 48.2 Å². The third kappa shape index (κ3) is 4.92. The van der Waals surface area contributed by atoms with Crippen molar-refractivity contribution in [1.82, 2.24) is 10.2 Å². The zero-order chi connectivity index (χ0) is 22.5. The summed E-state index contributed by atoms with van der Waals surface area (Å²) >= 11 is 0.